The van der Waals surface area contributed by atoms with Gasteiger partial charge in [-0.05, 0) is 16.3 Å². The molecule has 0 aliphatic carbocycles. The molecule has 0 unspecified atom stereocenters. The quantitative estimate of drug-likeness (QED) is 0.775. The van der Waals surface area contributed by atoms with Crippen molar-refractivity contribution in [3.63, 3.8) is 0 Å². The fraction of sp³-hybridized carbons (Fsp3) is 0.421. The minimum atomic E-state index is 1.01. The minimum absolute atomic E-state index is 1.01. The fourth-order valence-corrected chi connectivity index (χ4v) is 4.77. The molecule has 2 aliphatic heterocycles. The molecule has 2 aromatic rings. The molecule has 5 heteroatoms. The summed E-state index contributed by atoms with van der Waals surface area (Å²) in [5, 5.41) is 2.73. The van der Waals surface area contributed by atoms with Crippen LogP contribution in [-0.4, -0.2) is 64.2 Å². The van der Waals surface area contributed by atoms with E-state index in [1.54, 1.807) is 0 Å². The van der Waals surface area contributed by atoms with Crippen molar-refractivity contribution in [2.24, 2.45) is 0 Å². The number of thioether (sulfide) groups is 1. The van der Waals surface area contributed by atoms with Crippen molar-refractivity contribution in [2.45, 2.75) is 6.54 Å². The Morgan fingerprint density at radius 1 is 0.875 bits per heavy atom. The van der Waals surface area contributed by atoms with Crippen LogP contribution in [0.4, 0.5) is 0 Å². The topological polar surface area (TPSA) is 9.72 Å². The van der Waals surface area contributed by atoms with Crippen molar-refractivity contribution in [1.82, 2.24) is 14.7 Å². The summed E-state index contributed by atoms with van der Waals surface area (Å²) in [4.78, 5) is 7.47. The highest BCUT2D eigenvalue weighted by atomic mass is 32.2. The van der Waals surface area contributed by atoms with Crippen LogP contribution in [0.2, 0.25) is 0 Å². The second kappa shape index (κ2) is 7.40. The Balaban J connectivity index is 1.35. The number of piperazine rings is 1. The first kappa shape index (κ1) is 16.3. The Hall–Kier alpha value is -1.14. The maximum Gasteiger partial charge on any atom is 0.137 e. The Morgan fingerprint density at radius 3 is 2.42 bits per heavy atom. The first-order chi connectivity index (χ1) is 11.8. The molecule has 4 rings (SSSR count). The number of thiocarbonyl (C=S) groups is 1. The van der Waals surface area contributed by atoms with E-state index in [2.05, 4.69) is 57.2 Å². The maximum absolute atomic E-state index is 5.42. The lowest BCUT2D eigenvalue weighted by atomic mass is 10.0. The fourth-order valence-electron chi connectivity index (χ4n) is 3.56. The summed E-state index contributed by atoms with van der Waals surface area (Å²) in [6.07, 6.45) is 0. The second-order valence-electron chi connectivity index (χ2n) is 6.55. The molecule has 2 aliphatic rings. The smallest absolute Gasteiger partial charge is 0.137 e. The monoisotopic (exact) mass is 357 g/mol. The van der Waals surface area contributed by atoms with E-state index < -0.39 is 0 Å². The zero-order valence-electron chi connectivity index (χ0n) is 13.9. The van der Waals surface area contributed by atoms with Gasteiger partial charge in [-0.15, -0.1) is 0 Å². The van der Waals surface area contributed by atoms with Gasteiger partial charge in [0.15, 0.2) is 0 Å². The molecule has 0 radical (unpaired) electrons. The second-order valence-corrected chi connectivity index (χ2v) is 8.28. The van der Waals surface area contributed by atoms with Crippen LogP contribution in [0.1, 0.15) is 5.56 Å². The van der Waals surface area contributed by atoms with E-state index in [9.17, 15) is 0 Å². The van der Waals surface area contributed by atoms with Crippen molar-refractivity contribution in [2.75, 3.05) is 45.1 Å². The van der Waals surface area contributed by atoms with Gasteiger partial charge in [-0.2, -0.15) is 0 Å². The zero-order valence-corrected chi connectivity index (χ0v) is 15.5. The average molecular weight is 358 g/mol. The van der Waals surface area contributed by atoms with E-state index in [1.807, 2.05) is 11.8 Å². The number of hydrogen-bond acceptors (Lipinski definition) is 4. The first-order valence-corrected chi connectivity index (χ1v) is 10.0. The van der Waals surface area contributed by atoms with Gasteiger partial charge in [-0.3, -0.25) is 9.80 Å². The van der Waals surface area contributed by atoms with Gasteiger partial charge in [-0.1, -0.05) is 66.4 Å². The van der Waals surface area contributed by atoms with Crippen molar-refractivity contribution in [3.8, 4) is 0 Å². The Morgan fingerprint density at radius 2 is 1.62 bits per heavy atom. The normalized spacial score (nSPS) is 20.2. The first-order valence-electron chi connectivity index (χ1n) is 8.63. The molecular formula is C19H23N3S2. The van der Waals surface area contributed by atoms with Gasteiger partial charge in [0.25, 0.3) is 0 Å². The number of nitrogens with zero attached hydrogens (tertiary/aromatic N) is 3. The molecule has 0 spiro atoms. The van der Waals surface area contributed by atoms with Crippen LogP contribution in [-0.2, 0) is 6.54 Å². The van der Waals surface area contributed by atoms with E-state index in [-0.39, 0.29) is 0 Å². The molecule has 0 saturated carbocycles. The largest absolute Gasteiger partial charge is 0.344 e. The average Bonchev–Trinajstić information content (AvgIpc) is 3.02. The van der Waals surface area contributed by atoms with E-state index in [1.165, 1.54) is 16.3 Å². The highest BCUT2D eigenvalue weighted by Gasteiger charge is 2.23. The van der Waals surface area contributed by atoms with Crippen molar-refractivity contribution in [1.29, 1.82) is 0 Å². The lowest BCUT2D eigenvalue weighted by Gasteiger charge is -2.37. The van der Waals surface area contributed by atoms with E-state index in [4.69, 9.17) is 12.2 Å². The van der Waals surface area contributed by atoms with E-state index in [0.717, 1.165) is 56.0 Å². The number of hydrogen-bond donors (Lipinski definition) is 0. The standard InChI is InChI=1S/C19H23N3S2/c23-19-22(12-13-24-19)15-21-10-8-20(9-11-21)14-17-6-3-5-16-4-1-2-7-18(16)17/h1-7H,8-15H2. The van der Waals surface area contributed by atoms with Crippen molar-refractivity contribution < 1.29 is 0 Å². The van der Waals surface area contributed by atoms with E-state index >= 15 is 0 Å². The molecule has 0 amide bonds. The summed E-state index contributed by atoms with van der Waals surface area (Å²) in [6, 6.07) is 15.4. The molecule has 0 aromatic heterocycles. The third kappa shape index (κ3) is 3.59. The van der Waals surface area contributed by atoms with Crippen LogP contribution in [0.25, 0.3) is 10.8 Å². The summed E-state index contributed by atoms with van der Waals surface area (Å²) in [6.45, 7) is 7.71. The number of fused-ring (bicyclic) bond motifs is 1. The summed E-state index contributed by atoms with van der Waals surface area (Å²) in [7, 11) is 0. The lowest BCUT2D eigenvalue weighted by Crippen LogP contribution is -2.49. The summed E-state index contributed by atoms with van der Waals surface area (Å²) >= 11 is 7.23. The Kier molecular flexibility index (Phi) is 5.03. The third-order valence-electron chi connectivity index (χ3n) is 4.95. The van der Waals surface area contributed by atoms with Gasteiger partial charge in [0, 0.05) is 45.0 Å². The summed E-state index contributed by atoms with van der Waals surface area (Å²) < 4.78 is 1.08. The molecule has 0 N–H and O–H groups in total. The van der Waals surface area contributed by atoms with Crippen LogP contribution in [0.3, 0.4) is 0 Å². The molecule has 24 heavy (non-hydrogen) atoms. The highest BCUT2D eigenvalue weighted by molar-refractivity contribution is 8.23. The summed E-state index contributed by atoms with van der Waals surface area (Å²) in [5.74, 6) is 1.15. The van der Waals surface area contributed by atoms with Gasteiger partial charge in [0.1, 0.15) is 4.32 Å². The molecule has 2 saturated heterocycles. The van der Waals surface area contributed by atoms with Gasteiger partial charge < -0.3 is 4.90 Å². The molecule has 3 nitrogen and oxygen atoms in total. The van der Waals surface area contributed by atoms with Gasteiger partial charge in [-0.25, -0.2) is 0 Å². The van der Waals surface area contributed by atoms with Gasteiger partial charge >= 0.3 is 0 Å². The van der Waals surface area contributed by atoms with Crippen molar-refractivity contribution in [3.05, 3.63) is 48.0 Å². The lowest BCUT2D eigenvalue weighted by molar-refractivity contribution is 0.0990. The van der Waals surface area contributed by atoms with Gasteiger partial charge in [0.05, 0.1) is 6.67 Å². The van der Waals surface area contributed by atoms with Gasteiger partial charge in [0.2, 0.25) is 0 Å². The molecular weight excluding hydrogens is 334 g/mol. The molecule has 0 atom stereocenters. The minimum Gasteiger partial charge on any atom is -0.344 e. The van der Waals surface area contributed by atoms with Crippen LogP contribution in [0, 0.1) is 0 Å². The Bertz CT molecular complexity index is 720. The predicted octanol–water partition coefficient (Wildman–Crippen LogP) is 3.25. The molecule has 126 valence electrons. The van der Waals surface area contributed by atoms with Crippen LogP contribution in [0.15, 0.2) is 42.5 Å². The summed E-state index contributed by atoms with van der Waals surface area (Å²) in [5.41, 5.74) is 1.44. The molecule has 2 heterocycles. The zero-order chi connectivity index (χ0) is 16.4. The highest BCUT2D eigenvalue weighted by Crippen LogP contribution is 2.21. The van der Waals surface area contributed by atoms with Crippen LogP contribution >= 0.6 is 24.0 Å². The van der Waals surface area contributed by atoms with E-state index in [0.29, 0.717) is 0 Å². The third-order valence-corrected chi connectivity index (χ3v) is 6.46. The molecule has 2 aromatic carbocycles. The SMILES string of the molecule is S=C1SCCN1CN1CCN(Cc2cccc3ccccc23)CC1. The Labute approximate surface area is 153 Å². The van der Waals surface area contributed by atoms with Crippen LogP contribution in [0.5, 0.6) is 0 Å². The molecule has 0 bridgehead atoms. The number of rotatable bonds is 4. The molecule has 2 fully saturated rings. The number of benzene rings is 2. The predicted molar refractivity (Wildman–Crippen MR) is 107 cm³/mol. The van der Waals surface area contributed by atoms with Crippen molar-refractivity contribution >= 4 is 39.1 Å². The maximum atomic E-state index is 5.42. The van der Waals surface area contributed by atoms with Crippen LogP contribution < -0.4 is 0 Å².